The molecule has 3 nitrogen and oxygen atoms in total. The monoisotopic (exact) mass is 319 g/mol. The molecule has 22 heavy (non-hydrogen) atoms. The summed E-state index contributed by atoms with van der Waals surface area (Å²) in [6, 6.07) is 11.8. The standard InChI is InChI=1S/C17H15ClFNO2/c1-21-13-7-6-11(16(9-13)22-2)8-12(10-20)17-14(18)4-3-5-15(17)19/h3-7,9,12H,8H2,1-2H3. The molecule has 2 aromatic rings. The first kappa shape index (κ1) is 16.1. The number of hydrogen-bond donors (Lipinski definition) is 0. The van der Waals surface area contributed by atoms with E-state index in [-0.39, 0.29) is 10.6 Å². The summed E-state index contributed by atoms with van der Waals surface area (Å²) in [6.07, 6.45) is 0.296. The number of hydrogen-bond acceptors (Lipinski definition) is 3. The Bertz CT molecular complexity index is 692. The molecule has 0 aliphatic heterocycles. The number of rotatable bonds is 5. The second-order valence-corrected chi connectivity index (χ2v) is 5.11. The Labute approximate surface area is 133 Å². The summed E-state index contributed by atoms with van der Waals surface area (Å²) in [5.74, 6) is 0.0626. The van der Waals surface area contributed by atoms with E-state index in [2.05, 4.69) is 6.07 Å². The predicted molar refractivity (Wildman–Crippen MR) is 83.0 cm³/mol. The van der Waals surface area contributed by atoms with Crippen molar-refractivity contribution in [3.05, 3.63) is 58.4 Å². The van der Waals surface area contributed by atoms with E-state index >= 15 is 0 Å². The van der Waals surface area contributed by atoms with Crippen LogP contribution in [-0.2, 0) is 6.42 Å². The fraction of sp³-hybridized carbons (Fsp3) is 0.235. The van der Waals surface area contributed by atoms with Crippen LogP contribution in [-0.4, -0.2) is 14.2 Å². The third kappa shape index (κ3) is 3.32. The molecule has 0 saturated carbocycles. The molecule has 1 unspecified atom stereocenters. The maximum Gasteiger partial charge on any atom is 0.129 e. The zero-order valence-electron chi connectivity index (χ0n) is 12.3. The first-order valence-corrected chi connectivity index (χ1v) is 7.03. The van der Waals surface area contributed by atoms with Crippen molar-refractivity contribution in [2.75, 3.05) is 14.2 Å². The summed E-state index contributed by atoms with van der Waals surface area (Å²) < 4.78 is 24.5. The lowest BCUT2D eigenvalue weighted by molar-refractivity contribution is 0.390. The van der Waals surface area contributed by atoms with Crippen molar-refractivity contribution in [2.24, 2.45) is 0 Å². The maximum absolute atomic E-state index is 14.0. The molecule has 0 aromatic heterocycles. The largest absolute Gasteiger partial charge is 0.497 e. The summed E-state index contributed by atoms with van der Waals surface area (Å²) in [7, 11) is 3.10. The Balaban J connectivity index is 2.38. The summed E-state index contributed by atoms with van der Waals surface area (Å²) in [5.41, 5.74) is 0.999. The SMILES string of the molecule is COc1ccc(CC(C#N)c2c(F)cccc2Cl)c(OC)c1. The molecule has 1 atom stereocenters. The van der Waals surface area contributed by atoms with E-state index in [4.69, 9.17) is 21.1 Å². The maximum atomic E-state index is 14.0. The second kappa shape index (κ2) is 7.15. The Morgan fingerprint density at radius 1 is 1.23 bits per heavy atom. The van der Waals surface area contributed by atoms with E-state index in [0.717, 1.165) is 5.56 Å². The number of nitriles is 1. The van der Waals surface area contributed by atoms with Crippen molar-refractivity contribution in [1.29, 1.82) is 5.26 Å². The van der Waals surface area contributed by atoms with Crippen LogP contribution in [0.2, 0.25) is 5.02 Å². The lowest BCUT2D eigenvalue weighted by atomic mass is 9.92. The van der Waals surface area contributed by atoms with E-state index in [1.54, 1.807) is 31.4 Å². The number of nitrogens with zero attached hydrogens (tertiary/aromatic N) is 1. The molecule has 0 aliphatic rings. The number of halogens is 2. The Morgan fingerprint density at radius 3 is 2.59 bits per heavy atom. The molecule has 114 valence electrons. The summed E-state index contributed by atoms with van der Waals surface area (Å²) in [6.45, 7) is 0. The highest BCUT2D eigenvalue weighted by Gasteiger charge is 2.21. The van der Waals surface area contributed by atoms with Gasteiger partial charge >= 0.3 is 0 Å². The molecule has 5 heteroatoms. The van der Waals surface area contributed by atoms with Gasteiger partial charge in [-0.2, -0.15) is 5.26 Å². The van der Waals surface area contributed by atoms with Crippen LogP contribution in [0.3, 0.4) is 0 Å². The molecule has 0 fully saturated rings. The smallest absolute Gasteiger partial charge is 0.129 e. The highest BCUT2D eigenvalue weighted by atomic mass is 35.5. The van der Waals surface area contributed by atoms with Gasteiger partial charge in [0.2, 0.25) is 0 Å². The van der Waals surface area contributed by atoms with Crippen molar-refractivity contribution < 1.29 is 13.9 Å². The van der Waals surface area contributed by atoms with Crippen molar-refractivity contribution >= 4 is 11.6 Å². The molecule has 2 aromatic carbocycles. The highest BCUT2D eigenvalue weighted by Crippen LogP contribution is 2.33. The van der Waals surface area contributed by atoms with E-state index in [9.17, 15) is 9.65 Å². The number of ether oxygens (including phenoxy) is 2. The normalized spacial score (nSPS) is 11.6. The van der Waals surface area contributed by atoms with Crippen LogP contribution in [0, 0.1) is 17.1 Å². The molecule has 2 rings (SSSR count). The summed E-state index contributed by atoms with van der Waals surface area (Å²) >= 11 is 6.05. The zero-order chi connectivity index (χ0) is 16.1. The molecule has 0 bridgehead atoms. The Hall–Kier alpha value is -2.25. The molecule has 0 N–H and O–H groups in total. The van der Waals surface area contributed by atoms with Crippen LogP contribution in [0.25, 0.3) is 0 Å². The van der Waals surface area contributed by atoms with E-state index in [1.165, 1.54) is 19.2 Å². The van der Waals surface area contributed by atoms with Gasteiger partial charge in [0.25, 0.3) is 0 Å². The Morgan fingerprint density at radius 2 is 2.00 bits per heavy atom. The molecular weight excluding hydrogens is 305 g/mol. The average molecular weight is 320 g/mol. The number of benzene rings is 2. The molecular formula is C17H15ClFNO2. The van der Waals surface area contributed by atoms with Crippen LogP contribution >= 0.6 is 11.6 Å². The zero-order valence-corrected chi connectivity index (χ0v) is 13.0. The third-order valence-corrected chi connectivity index (χ3v) is 3.75. The lowest BCUT2D eigenvalue weighted by Gasteiger charge is -2.15. The van der Waals surface area contributed by atoms with Gasteiger partial charge in [-0.25, -0.2) is 4.39 Å². The average Bonchev–Trinajstić information content (AvgIpc) is 2.53. The minimum Gasteiger partial charge on any atom is -0.497 e. The van der Waals surface area contributed by atoms with Crippen LogP contribution in [0.5, 0.6) is 11.5 Å². The van der Waals surface area contributed by atoms with Crippen LogP contribution in [0.1, 0.15) is 17.0 Å². The molecule has 0 aliphatic carbocycles. The van der Waals surface area contributed by atoms with Crippen LogP contribution in [0.15, 0.2) is 36.4 Å². The minimum absolute atomic E-state index is 0.213. The van der Waals surface area contributed by atoms with Crippen LogP contribution in [0.4, 0.5) is 4.39 Å². The van der Waals surface area contributed by atoms with Crippen molar-refractivity contribution in [3.63, 3.8) is 0 Å². The second-order valence-electron chi connectivity index (χ2n) is 4.70. The quantitative estimate of drug-likeness (QED) is 0.823. The highest BCUT2D eigenvalue weighted by molar-refractivity contribution is 6.31. The van der Waals surface area contributed by atoms with Gasteiger partial charge in [-0.1, -0.05) is 23.7 Å². The fourth-order valence-electron chi connectivity index (χ4n) is 2.30. The van der Waals surface area contributed by atoms with E-state index in [1.807, 2.05) is 0 Å². The molecule has 0 heterocycles. The Kier molecular flexibility index (Phi) is 5.24. The van der Waals surface area contributed by atoms with Crippen molar-refractivity contribution in [3.8, 4) is 17.6 Å². The van der Waals surface area contributed by atoms with Crippen molar-refractivity contribution in [1.82, 2.24) is 0 Å². The molecule has 0 spiro atoms. The van der Waals surface area contributed by atoms with E-state index < -0.39 is 11.7 Å². The van der Waals surface area contributed by atoms with Gasteiger partial charge in [-0.3, -0.25) is 0 Å². The topological polar surface area (TPSA) is 42.2 Å². The van der Waals surface area contributed by atoms with Gasteiger partial charge in [-0.15, -0.1) is 0 Å². The molecule has 0 radical (unpaired) electrons. The molecule has 0 amide bonds. The first-order chi connectivity index (χ1) is 10.6. The molecule has 0 saturated heterocycles. The van der Waals surface area contributed by atoms with Crippen LogP contribution < -0.4 is 9.47 Å². The third-order valence-electron chi connectivity index (χ3n) is 3.42. The fourth-order valence-corrected chi connectivity index (χ4v) is 2.59. The van der Waals surface area contributed by atoms with Gasteiger partial charge in [0.15, 0.2) is 0 Å². The van der Waals surface area contributed by atoms with Gasteiger partial charge in [-0.05, 0) is 30.2 Å². The van der Waals surface area contributed by atoms with Gasteiger partial charge in [0.1, 0.15) is 17.3 Å². The predicted octanol–water partition coefficient (Wildman–Crippen LogP) is 4.35. The minimum atomic E-state index is -0.698. The van der Waals surface area contributed by atoms with Crippen molar-refractivity contribution in [2.45, 2.75) is 12.3 Å². The lowest BCUT2D eigenvalue weighted by Crippen LogP contribution is -2.05. The summed E-state index contributed by atoms with van der Waals surface area (Å²) in [4.78, 5) is 0. The first-order valence-electron chi connectivity index (χ1n) is 6.65. The van der Waals surface area contributed by atoms with Gasteiger partial charge < -0.3 is 9.47 Å². The van der Waals surface area contributed by atoms with Gasteiger partial charge in [0.05, 0.1) is 26.2 Å². The van der Waals surface area contributed by atoms with Gasteiger partial charge in [0, 0.05) is 16.7 Å². The van der Waals surface area contributed by atoms with E-state index in [0.29, 0.717) is 17.9 Å². The summed E-state index contributed by atoms with van der Waals surface area (Å²) in [5, 5.41) is 9.66. The number of methoxy groups -OCH3 is 2.